The lowest BCUT2D eigenvalue weighted by atomic mass is 9.96. The van der Waals surface area contributed by atoms with Gasteiger partial charge in [0.15, 0.2) is 0 Å². The Kier molecular flexibility index (Phi) is 5.46. The third kappa shape index (κ3) is 4.35. The molecule has 1 unspecified atom stereocenters. The molecule has 0 aromatic heterocycles. The Morgan fingerprint density at radius 3 is 2.55 bits per heavy atom. The van der Waals surface area contributed by atoms with Gasteiger partial charge < -0.3 is 15.6 Å². The molecule has 0 rings (SSSR count). The zero-order valence-electron chi connectivity index (χ0n) is 7.47. The van der Waals surface area contributed by atoms with Crippen molar-refractivity contribution in [2.75, 3.05) is 20.3 Å². The predicted molar refractivity (Wildman–Crippen MR) is 45.4 cm³/mol. The van der Waals surface area contributed by atoms with E-state index in [1.807, 2.05) is 6.92 Å². The maximum absolute atomic E-state index is 9.77. The van der Waals surface area contributed by atoms with Gasteiger partial charge >= 0.3 is 0 Å². The Morgan fingerprint density at radius 2 is 2.18 bits per heavy atom. The van der Waals surface area contributed by atoms with Crippen molar-refractivity contribution in [3.05, 3.63) is 0 Å². The van der Waals surface area contributed by atoms with Crippen LogP contribution in [0.25, 0.3) is 0 Å². The molecule has 0 saturated heterocycles. The first-order valence-corrected chi connectivity index (χ1v) is 4.10. The third-order valence-electron chi connectivity index (χ3n) is 1.92. The summed E-state index contributed by atoms with van der Waals surface area (Å²) in [5.74, 6) is 0. The van der Waals surface area contributed by atoms with E-state index in [-0.39, 0.29) is 0 Å². The molecule has 0 heterocycles. The molecule has 68 valence electrons. The molecule has 0 saturated carbocycles. The first-order valence-electron chi connectivity index (χ1n) is 4.10. The Bertz CT molecular complexity index is 98.1. The number of methoxy groups -OCH3 is 1. The fourth-order valence-electron chi connectivity index (χ4n) is 1.05. The minimum atomic E-state index is -0.659. The molecule has 0 bridgehead atoms. The highest BCUT2D eigenvalue weighted by Gasteiger charge is 2.23. The molecule has 3 N–H and O–H groups in total. The van der Waals surface area contributed by atoms with Gasteiger partial charge in [-0.25, -0.2) is 0 Å². The highest BCUT2D eigenvalue weighted by atomic mass is 16.5. The molecule has 0 spiro atoms. The van der Waals surface area contributed by atoms with Crippen LogP contribution in [-0.2, 0) is 4.74 Å². The average Bonchev–Trinajstić information content (AvgIpc) is 2.02. The van der Waals surface area contributed by atoms with E-state index in [4.69, 9.17) is 10.5 Å². The molecule has 0 aliphatic carbocycles. The van der Waals surface area contributed by atoms with Crippen molar-refractivity contribution in [2.24, 2.45) is 5.73 Å². The fraction of sp³-hybridized carbons (Fsp3) is 1.00. The van der Waals surface area contributed by atoms with Crippen molar-refractivity contribution >= 4 is 0 Å². The molecule has 3 heteroatoms. The highest BCUT2D eigenvalue weighted by molar-refractivity contribution is 4.75. The zero-order valence-corrected chi connectivity index (χ0v) is 7.47. The van der Waals surface area contributed by atoms with Gasteiger partial charge in [0, 0.05) is 7.11 Å². The number of nitrogens with two attached hydrogens (primary N) is 1. The van der Waals surface area contributed by atoms with Crippen molar-refractivity contribution in [1.82, 2.24) is 0 Å². The maximum atomic E-state index is 9.77. The van der Waals surface area contributed by atoms with Crippen molar-refractivity contribution in [3.8, 4) is 0 Å². The summed E-state index contributed by atoms with van der Waals surface area (Å²) in [5.41, 5.74) is 4.68. The van der Waals surface area contributed by atoms with E-state index in [0.717, 1.165) is 19.3 Å². The standard InChI is InChI=1S/C8H19NO2/c1-3-8(10,7-11-2)5-4-6-9/h10H,3-7,9H2,1-2H3. The van der Waals surface area contributed by atoms with E-state index >= 15 is 0 Å². The summed E-state index contributed by atoms with van der Waals surface area (Å²) in [5, 5.41) is 9.77. The molecule has 11 heavy (non-hydrogen) atoms. The summed E-state index contributed by atoms with van der Waals surface area (Å²) in [6.45, 7) is 2.99. The third-order valence-corrected chi connectivity index (χ3v) is 1.92. The molecule has 0 aromatic carbocycles. The summed E-state index contributed by atoms with van der Waals surface area (Å²) < 4.78 is 4.90. The normalized spacial score (nSPS) is 16.4. The topological polar surface area (TPSA) is 55.5 Å². The Balaban J connectivity index is 3.68. The monoisotopic (exact) mass is 161 g/mol. The van der Waals surface area contributed by atoms with Crippen LogP contribution < -0.4 is 5.73 Å². The lowest BCUT2D eigenvalue weighted by Crippen LogP contribution is -2.33. The largest absolute Gasteiger partial charge is 0.387 e. The van der Waals surface area contributed by atoms with Gasteiger partial charge in [-0.15, -0.1) is 0 Å². The van der Waals surface area contributed by atoms with Gasteiger partial charge in [0.2, 0.25) is 0 Å². The lowest BCUT2D eigenvalue weighted by molar-refractivity contribution is -0.0405. The first kappa shape index (κ1) is 10.9. The molecule has 0 fully saturated rings. The lowest BCUT2D eigenvalue weighted by Gasteiger charge is -2.25. The van der Waals surface area contributed by atoms with Crippen LogP contribution in [0.3, 0.4) is 0 Å². The van der Waals surface area contributed by atoms with Crippen LogP contribution in [0.1, 0.15) is 26.2 Å². The highest BCUT2D eigenvalue weighted by Crippen LogP contribution is 2.16. The first-order chi connectivity index (χ1) is 5.18. The number of hydrogen-bond donors (Lipinski definition) is 2. The van der Waals surface area contributed by atoms with Gasteiger partial charge in [-0.2, -0.15) is 0 Å². The van der Waals surface area contributed by atoms with Gasteiger partial charge in [0.05, 0.1) is 12.2 Å². The van der Waals surface area contributed by atoms with Crippen LogP contribution in [0.2, 0.25) is 0 Å². The van der Waals surface area contributed by atoms with Crippen LogP contribution in [-0.4, -0.2) is 31.0 Å². The van der Waals surface area contributed by atoms with E-state index < -0.39 is 5.60 Å². The maximum Gasteiger partial charge on any atom is 0.0877 e. The SMILES string of the molecule is CCC(O)(CCCN)COC. The Labute approximate surface area is 68.5 Å². The smallest absolute Gasteiger partial charge is 0.0877 e. The minimum absolute atomic E-state index is 0.406. The van der Waals surface area contributed by atoms with Crippen LogP contribution in [0.4, 0.5) is 0 Å². The van der Waals surface area contributed by atoms with E-state index in [9.17, 15) is 5.11 Å². The van der Waals surface area contributed by atoms with E-state index in [1.165, 1.54) is 0 Å². The molecule has 0 aromatic rings. The molecule has 0 amide bonds. The second kappa shape index (κ2) is 5.52. The van der Waals surface area contributed by atoms with Crippen molar-refractivity contribution in [3.63, 3.8) is 0 Å². The van der Waals surface area contributed by atoms with Gasteiger partial charge in [-0.1, -0.05) is 6.92 Å². The zero-order chi connectivity index (χ0) is 8.74. The second-order valence-corrected chi connectivity index (χ2v) is 2.90. The molecule has 3 nitrogen and oxygen atoms in total. The van der Waals surface area contributed by atoms with Gasteiger partial charge in [0.25, 0.3) is 0 Å². The van der Waals surface area contributed by atoms with Gasteiger partial charge in [-0.05, 0) is 25.8 Å². The number of hydrogen-bond acceptors (Lipinski definition) is 3. The van der Waals surface area contributed by atoms with Crippen LogP contribution in [0, 0.1) is 0 Å². The molecule has 1 atom stereocenters. The molecule has 0 aliphatic heterocycles. The minimum Gasteiger partial charge on any atom is -0.387 e. The Hall–Kier alpha value is -0.120. The molecular formula is C8H19NO2. The molecule has 0 aliphatic rings. The summed E-state index contributed by atoms with van der Waals surface area (Å²) >= 11 is 0. The quantitative estimate of drug-likeness (QED) is 0.597. The summed E-state index contributed by atoms with van der Waals surface area (Å²) in [6.07, 6.45) is 2.31. The van der Waals surface area contributed by atoms with Crippen LogP contribution >= 0.6 is 0 Å². The second-order valence-electron chi connectivity index (χ2n) is 2.90. The number of rotatable bonds is 6. The number of aliphatic hydroxyl groups is 1. The van der Waals surface area contributed by atoms with Gasteiger partial charge in [0.1, 0.15) is 0 Å². The predicted octanol–water partition coefficient (Wildman–Crippen LogP) is 0.513. The summed E-state index contributed by atoms with van der Waals surface area (Å²) in [4.78, 5) is 0. The average molecular weight is 161 g/mol. The van der Waals surface area contributed by atoms with E-state index in [2.05, 4.69) is 0 Å². The molecule has 0 radical (unpaired) electrons. The number of ether oxygens (including phenoxy) is 1. The van der Waals surface area contributed by atoms with Crippen molar-refractivity contribution in [1.29, 1.82) is 0 Å². The van der Waals surface area contributed by atoms with E-state index in [1.54, 1.807) is 7.11 Å². The fourth-order valence-corrected chi connectivity index (χ4v) is 1.05. The van der Waals surface area contributed by atoms with Gasteiger partial charge in [-0.3, -0.25) is 0 Å². The van der Waals surface area contributed by atoms with Crippen LogP contribution in [0.5, 0.6) is 0 Å². The Morgan fingerprint density at radius 1 is 1.55 bits per heavy atom. The molecular weight excluding hydrogens is 142 g/mol. The van der Waals surface area contributed by atoms with E-state index in [0.29, 0.717) is 13.2 Å². The van der Waals surface area contributed by atoms with Crippen molar-refractivity contribution in [2.45, 2.75) is 31.8 Å². The summed E-state index contributed by atoms with van der Waals surface area (Å²) in [6, 6.07) is 0. The van der Waals surface area contributed by atoms with Crippen LogP contribution in [0.15, 0.2) is 0 Å². The summed E-state index contributed by atoms with van der Waals surface area (Å²) in [7, 11) is 1.60. The van der Waals surface area contributed by atoms with Crippen molar-refractivity contribution < 1.29 is 9.84 Å².